The number of hydrogen-bond acceptors (Lipinski definition) is 18. The number of likely N-dealkylation sites (N-methyl/N-ethyl adjacent to an activating group) is 4. The quantitative estimate of drug-likeness (QED) is 0.179. The summed E-state index contributed by atoms with van der Waals surface area (Å²) in [6, 6.07) is 1.31. The summed E-state index contributed by atoms with van der Waals surface area (Å²) in [5, 5.41) is 9.80. The Morgan fingerprint density at radius 2 is 0.987 bits per heavy atom. The Balaban J connectivity index is 1.41. The van der Waals surface area contributed by atoms with Crippen molar-refractivity contribution in [3.8, 4) is 0 Å². The average Bonchev–Trinajstić information content (AvgIpc) is 3.42. The van der Waals surface area contributed by atoms with E-state index < -0.39 is 149 Å². The number of hydrogen-bond donors (Lipinski definition) is 4. The molecule has 6 rings (SSSR count). The van der Waals surface area contributed by atoms with Gasteiger partial charge in [-0.25, -0.2) is 19.6 Å². The molecule has 4 heterocycles. The predicted molar refractivity (Wildman–Crippen MR) is 285 cm³/mol. The van der Waals surface area contributed by atoms with Crippen molar-refractivity contribution in [2.24, 2.45) is 11.8 Å². The van der Waals surface area contributed by atoms with Crippen molar-refractivity contribution >= 4 is 104 Å². The second kappa shape index (κ2) is 26.1. The Labute approximate surface area is 456 Å². The van der Waals surface area contributed by atoms with E-state index in [1.54, 1.807) is 76.2 Å². The summed E-state index contributed by atoms with van der Waals surface area (Å²) in [6.45, 7) is 7.39. The molecule has 27 heteroatoms. The first-order chi connectivity index (χ1) is 36.9. The molecule has 0 aliphatic carbocycles. The van der Waals surface area contributed by atoms with Crippen molar-refractivity contribution in [2.75, 3.05) is 58.0 Å². The van der Waals surface area contributed by atoms with Gasteiger partial charge < -0.3 is 50.3 Å². The molecule has 4 aromatic rings. The lowest BCUT2D eigenvalue weighted by Gasteiger charge is -2.36. The number of esters is 2. The minimum Gasteiger partial charge on any atom is -0.461 e. The predicted octanol–water partition coefficient (Wildman–Crippen LogP) is -0.348. The average molecular weight is 1120 g/mol. The number of fused-ring (bicyclic) bond motifs is 8. The fraction of sp³-hybridized carbons (Fsp3) is 0.490. The first-order valence-corrected chi connectivity index (χ1v) is 27.5. The highest BCUT2D eigenvalue weighted by Crippen LogP contribution is 2.22. The molecule has 0 spiro atoms. The number of benzene rings is 2. The van der Waals surface area contributed by atoms with Crippen LogP contribution >= 0.6 is 11.8 Å². The van der Waals surface area contributed by atoms with Gasteiger partial charge in [0.05, 0.1) is 45.3 Å². The van der Waals surface area contributed by atoms with Gasteiger partial charge in [0, 0.05) is 44.7 Å². The summed E-state index contributed by atoms with van der Waals surface area (Å²) in [6.07, 6.45) is 2.37. The van der Waals surface area contributed by atoms with E-state index in [1.807, 2.05) is 0 Å². The maximum atomic E-state index is 14.8. The molecular formula is C51H64N12O13S2. The number of thioether (sulfide) groups is 1. The summed E-state index contributed by atoms with van der Waals surface area (Å²) >= 11 is 0.957. The van der Waals surface area contributed by atoms with E-state index in [1.165, 1.54) is 54.4 Å². The molecule has 9 atom stereocenters. The minimum absolute atomic E-state index is 0.204. The lowest BCUT2D eigenvalue weighted by Crippen LogP contribution is -2.60. The molecule has 78 heavy (non-hydrogen) atoms. The molecular weight excluding hydrogens is 1050 g/mol. The lowest BCUT2D eigenvalue weighted by atomic mass is 10.0. The molecule has 2 aromatic carbocycles. The normalized spacial score (nSPS) is 25.5. The summed E-state index contributed by atoms with van der Waals surface area (Å²) in [7, 11) is 3.09. The summed E-state index contributed by atoms with van der Waals surface area (Å²) in [5.74, 6) is -11.5. The Bertz CT molecular complexity index is 3000. The van der Waals surface area contributed by atoms with Crippen LogP contribution in [0, 0.1) is 11.8 Å². The van der Waals surface area contributed by atoms with Gasteiger partial charge in [-0.1, -0.05) is 52.0 Å². The zero-order valence-electron chi connectivity index (χ0n) is 44.8. The highest BCUT2D eigenvalue weighted by molar-refractivity contribution is 8.10. The van der Waals surface area contributed by atoms with Crippen LogP contribution in [0.2, 0.25) is 0 Å². The van der Waals surface area contributed by atoms with E-state index in [4.69, 9.17) is 9.47 Å². The first-order valence-electron chi connectivity index (χ1n) is 24.9. The number of amides is 8. The topological polar surface area (TPSA) is 319 Å². The lowest BCUT2D eigenvalue weighted by molar-refractivity contribution is -0.160. The molecule has 2 aliphatic rings. The molecule has 0 saturated carbocycles. The molecule has 2 aliphatic heterocycles. The minimum atomic E-state index is -1.99. The van der Waals surface area contributed by atoms with Crippen LogP contribution in [0.4, 0.5) is 0 Å². The van der Waals surface area contributed by atoms with Gasteiger partial charge in [-0.15, -0.1) is 11.8 Å². The van der Waals surface area contributed by atoms with Gasteiger partial charge in [-0.3, -0.25) is 52.5 Å². The number of carbonyl (C=O) groups excluding carboxylic acids is 10. The van der Waals surface area contributed by atoms with Gasteiger partial charge in [0.2, 0.25) is 35.4 Å². The van der Waals surface area contributed by atoms with Gasteiger partial charge in [0.25, 0.3) is 11.8 Å². The Morgan fingerprint density at radius 3 is 1.40 bits per heavy atom. The van der Waals surface area contributed by atoms with Crippen LogP contribution in [0.5, 0.6) is 0 Å². The molecule has 2 aromatic heterocycles. The fourth-order valence-electron chi connectivity index (χ4n) is 8.81. The van der Waals surface area contributed by atoms with Crippen molar-refractivity contribution in [3.05, 3.63) is 72.3 Å². The standard InChI is InChI=1S/C51H64N12O13S2/c1-26(2)40-50(72)75-21-37(59-43(65)35-20-53-31-16-12-14-18-33(31)57-35)45(67)55-29(6)47(69)61(8)39-24-78(74)25-77-23-38(48(70)62(40)9)60(7)46(68)28(5)54-44(66)36(22-76-51(73)41(27(3)4)63(10)49(39)71)58-42(64)34-19-52-30-15-11-13-17-32(30)56-34/h11-20,26-29,36-41H,21-25H2,1-10H3,(H,54,66)(H,55,67)(H,58,64)(H,59,65)/t28-,29-,36+,37+,38-,39-,40-,41-,78?/m0/s1. The highest BCUT2D eigenvalue weighted by Gasteiger charge is 2.43. The second-order valence-electron chi connectivity index (χ2n) is 19.6. The van der Waals surface area contributed by atoms with Crippen molar-refractivity contribution < 1.29 is 61.6 Å². The smallest absolute Gasteiger partial charge is 0.329 e. The SMILES string of the molecule is CC(C)[C@H]1C(=O)OC[C@@H](NC(=O)c2cnc3ccccc3n2)C(=O)N[C@@H](C)C(=O)N(C)[C@H]2CSCS(=O)C[C@@H](C(=O)N1C)N(C)C(=O)[C@H](C)NC(=O)[C@H](NC(=O)c1cnc3ccccc3n1)COC(=O)[C@H](C(C)C)N(C)C2=O. The number of nitrogens with zero attached hydrogens (tertiary/aromatic N) is 8. The van der Waals surface area contributed by atoms with Gasteiger partial charge in [-0.05, 0) is 49.9 Å². The van der Waals surface area contributed by atoms with Crippen LogP contribution in [0.3, 0.4) is 0 Å². The fourth-order valence-corrected chi connectivity index (χ4v) is 11.6. The van der Waals surface area contributed by atoms with Gasteiger partial charge in [-0.2, -0.15) is 0 Å². The van der Waals surface area contributed by atoms with Crippen molar-refractivity contribution in [1.29, 1.82) is 0 Å². The molecule has 418 valence electrons. The van der Waals surface area contributed by atoms with Crippen LogP contribution in [0.25, 0.3) is 22.1 Å². The number of cyclic esters (lactones) is 2. The van der Waals surface area contributed by atoms with Crippen LogP contribution < -0.4 is 21.3 Å². The Morgan fingerprint density at radius 1 is 0.603 bits per heavy atom. The number of para-hydroxylation sites is 4. The number of aromatic nitrogens is 4. The van der Waals surface area contributed by atoms with E-state index in [-0.39, 0.29) is 22.2 Å². The molecule has 8 amide bonds. The monoisotopic (exact) mass is 1120 g/mol. The Kier molecular flexibility index (Phi) is 19.9. The van der Waals surface area contributed by atoms with Crippen molar-refractivity contribution in [3.63, 3.8) is 0 Å². The van der Waals surface area contributed by atoms with Gasteiger partial charge in [0.15, 0.2) is 0 Å². The third-order valence-corrected chi connectivity index (χ3v) is 16.1. The van der Waals surface area contributed by atoms with E-state index in [2.05, 4.69) is 41.2 Å². The second-order valence-corrected chi connectivity index (χ2v) is 22.5. The van der Waals surface area contributed by atoms with Crippen LogP contribution in [0.1, 0.15) is 62.5 Å². The summed E-state index contributed by atoms with van der Waals surface area (Å²) < 4.78 is 25.6. The summed E-state index contributed by atoms with van der Waals surface area (Å²) in [4.78, 5) is 164. The van der Waals surface area contributed by atoms with Gasteiger partial charge >= 0.3 is 11.9 Å². The zero-order chi connectivity index (χ0) is 57.3. The van der Waals surface area contributed by atoms with Gasteiger partial charge in [0.1, 0.15) is 72.9 Å². The van der Waals surface area contributed by atoms with Crippen LogP contribution in [-0.2, 0) is 58.6 Å². The largest absolute Gasteiger partial charge is 0.461 e. The molecule has 25 nitrogen and oxygen atoms in total. The van der Waals surface area contributed by atoms with Crippen molar-refractivity contribution in [1.82, 2.24) is 60.8 Å². The highest BCUT2D eigenvalue weighted by atomic mass is 32.2. The molecule has 2 bridgehead atoms. The number of carbonyl (C=O) groups is 10. The summed E-state index contributed by atoms with van der Waals surface area (Å²) in [5.41, 5.74) is 1.27. The first kappa shape index (κ1) is 59.6. The zero-order valence-corrected chi connectivity index (χ0v) is 46.4. The molecule has 1 unspecified atom stereocenters. The molecule has 2 saturated heterocycles. The number of nitrogens with one attached hydrogen (secondary N) is 4. The maximum Gasteiger partial charge on any atom is 0.329 e. The number of ether oxygens (including phenoxy) is 2. The van der Waals surface area contributed by atoms with Crippen LogP contribution in [-0.4, -0.2) is 209 Å². The third kappa shape index (κ3) is 14.1. The molecule has 4 N–H and O–H groups in total. The van der Waals surface area contributed by atoms with E-state index in [9.17, 15) is 52.2 Å². The van der Waals surface area contributed by atoms with E-state index >= 15 is 0 Å². The van der Waals surface area contributed by atoms with Crippen molar-refractivity contribution in [2.45, 2.75) is 89.9 Å². The van der Waals surface area contributed by atoms with E-state index in [0.717, 1.165) is 31.4 Å². The maximum absolute atomic E-state index is 14.8. The Hall–Kier alpha value is -7.68. The number of rotatable bonds is 6. The molecule has 0 radical (unpaired) electrons. The van der Waals surface area contributed by atoms with E-state index in [0.29, 0.717) is 22.1 Å². The molecule has 2 fully saturated rings. The third-order valence-electron chi connectivity index (χ3n) is 13.2. The van der Waals surface area contributed by atoms with Crippen LogP contribution in [0.15, 0.2) is 60.9 Å².